The minimum Gasteiger partial charge on any atom is -0.481 e. The molecule has 0 aromatic carbocycles. The van der Waals surface area contributed by atoms with Crippen molar-refractivity contribution in [2.45, 2.75) is 25.8 Å². The molecule has 1 fully saturated rings. The molecule has 18 heavy (non-hydrogen) atoms. The Bertz CT molecular complexity index is 358. The van der Waals surface area contributed by atoms with Crippen molar-refractivity contribution >= 4 is 11.9 Å². The Balaban J connectivity index is 2.07. The van der Waals surface area contributed by atoms with E-state index in [0.29, 0.717) is 13.2 Å². The molecule has 2 atom stereocenters. The van der Waals surface area contributed by atoms with E-state index in [1.807, 2.05) is 19.1 Å². The molecule has 5 heteroatoms. The van der Waals surface area contributed by atoms with Gasteiger partial charge >= 0.3 is 5.97 Å². The SMILES string of the molecule is CCN(C(=O)C1CC=CC1)C1COCC1C(=O)O. The number of carboxylic acid groups (broad SMARTS) is 1. The normalized spacial score (nSPS) is 27.6. The van der Waals surface area contributed by atoms with Gasteiger partial charge in [-0.05, 0) is 19.8 Å². The minimum absolute atomic E-state index is 0.0139. The summed E-state index contributed by atoms with van der Waals surface area (Å²) >= 11 is 0. The number of carbonyl (C=O) groups excluding carboxylic acids is 1. The predicted molar refractivity (Wildman–Crippen MR) is 65.0 cm³/mol. The van der Waals surface area contributed by atoms with Crippen LogP contribution in [0.4, 0.5) is 0 Å². The smallest absolute Gasteiger partial charge is 0.311 e. The Morgan fingerprint density at radius 2 is 2.00 bits per heavy atom. The molecule has 1 heterocycles. The van der Waals surface area contributed by atoms with E-state index in [1.54, 1.807) is 4.90 Å². The zero-order valence-electron chi connectivity index (χ0n) is 10.5. The van der Waals surface area contributed by atoms with Crippen LogP contribution in [0.25, 0.3) is 0 Å². The molecule has 100 valence electrons. The zero-order valence-corrected chi connectivity index (χ0v) is 10.5. The van der Waals surface area contributed by atoms with Crippen molar-refractivity contribution in [2.24, 2.45) is 11.8 Å². The molecule has 1 amide bonds. The van der Waals surface area contributed by atoms with E-state index >= 15 is 0 Å². The molecule has 0 spiro atoms. The third-order valence-corrected chi connectivity index (χ3v) is 3.75. The summed E-state index contributed by atoms with van der Waals surface area (Å²) in [6, 6.07) is -0.319. The number of amides is 1. The topological polar surface area (TPSA) is 66.8 Å². The number of allylic oxidation sites excluding steroid dienone is 2. The number of rotatable bonds is 4. The van der Waals surface area contributed by atoms with Crippen LogP contribution < -0.4 is 0 Å². The molecule has 1 saturated heterocycles. The zero-order chi connectivity index (χ0) is 13.1. The van der Waals surface area contributed by atoms with Crippen LogP contribution in [-0.4, -0.2) is 47.7 Å². The maximum atomic E-state index is 12.4. The van der Waals surface area contributed by atoms with E-state index in [-0.39, 0.29) is 24.5 Å². The molecule has 2 unspecified atom stereocenters. The first kappa shape index (κ1) is 13.1. The summed E-state index contributed by atoms with van der Waals surface area (Å²) in [5.41, 5.74) is 0. The summed E-state index contributed by atoms with van der Waals surface area (Å²) < 4.78 is 5.24. The highest BCUT2D eigenvalue weighted by atomic mass is 16.5. The van der Waals surface area contributed by atoms with Gasteiger partial charge < -0.3 is 14.7 Å². The van der Waals surface area contributed by atoms with Crippen molar-refractivity contribution in [3.05, 3.63) is 12.2 Å². The Kier molecular flexibility index (Phi) is 4.01. The van der Waals surface area contributed by atoms with Crippen molar-refractivity contribution in [3.8, 4) is 0 Å². The van der Waals surface area contributed by atoms with Crippen LogP contribution in [0.5, 0.6) is 0 Å². The summed E-state index contributed by atoms with van der Waals surface area (Å²) in [5.74, 6) is -1.43. The van der Waals surface area contributed by atoms with E-state index < -0.39 is 11.9 Å². The average Bonchev–Trinajstić information content (AvgIpc) is 3.00. The second-order valence-electron chi connectivity index (χ2n) is 4.81. The van der Waals surface area contributed by atoms with E-state index in [1.165, 1.54) is 0 Å². The Hall–Kier alpha value is -1.36. The summed E-state index contributed by atoms with van der Waals surface area (Å²) in [7, 11) is 0. The quantitative estimate of drug-likeness (QED) is 0.756. The van der Waals surface area contributed by atoms with Crippen LogP contribution in [0, 0.1) is 11.8 Å². The molecule has 0 radical (unpaired) electrons. The van der Waals surface area contributed by atoms with Gasteiger partial charge in [0.25, 0.3) is 0 Å². The fraction of sp³-hybridized carbons (Fsp3) is 0.692. The molecule has 0 saturated carbocycles. The molecule has 2 rings (SSSR count). The first-order valence-corrected chi connectivity index (χ1v) is 6.41. The van der Waals surface area contributed by atoms with Crippen molar-refractivity contribution < 1.29 is 19.4 Å². The van der Waals surface area contributed by atoms with Crippen LogP contribution in [0.2, 0.25) is 0 Å². The molecule has 0 bridgehead atoms. The third-order valence-electron chi connectivity index (χ3n) is 3.75. The number of hydrogen-bond acceptors (Lipinski definition) is 3. The van der Waals surface area contributed by atoms with Gasteiger partial charge in [0.1, 0.15) is 5.92 Å². The lowest BCUT2D eigenvalue weighted by molar-refractivity contribution is -0.146. The average molecular weight is 253 g/mol. The minimum atomic E-state index is -0.881. The van der Waals surface area contributed by atoms with Gasteiger partial charge in [0.2, 0.25) is 5.91 Å². The largest absolute Gasteiger partial charge is 0.481 e. The molecular weight excluding hydrogens is 234 g/mol. The lowest BCUT2D eigenvalue weighted by Crippen LogP contribution is -2.48. The molecule has 1 aliphatic heterocycles. The molecule has 1 aliphatic carbocycles. The van der Waals surface area contributed by atoms with Gasteiger partial charge in [-0.3, -0.25) is 9.59 Å². The van der Waals surface area contributed by atoms with Gasteiger partial charge in [0.15, 0.2) is 0 Å². The van der Waals surface area contributed by atoms with Crippen LogP contribution in [0.3, 0.4) is 0 Å². The maximum absolute atomic E-state index is 12.4. The molecule has 2 aliphatic rings. The molecule has 0 aromatic rings. The van der Waals surface area contributed by atoms with E-state index in [4.69, 9.17) is 9.84 Å². The van der Waals surface area contributed by atoms with Gasteiger partial charge in [-0.15, -0.1) is 0 Å². The number of aliphatic carboxylic acids is 1. The molecular formula is C13H19NO4. The van der Waals surface area contributed by atoms with Gasteiger partial charge in [-0.25, -0.2) is 0 Å². The van der Waals surface area contributed by atoms with E-state index in [9.17, 15) is 9.59 Å². The molecule has 0 aromatic heterocycles. The highest BCUT2D eigenvalue weighted by molar-refractivity contribution is 5.81. The first-order valence-electron chi connectivity index (χ1n) is 6.41. The van der Waals surface area contributed by atoms with Crippen LogP contribution in [-0.2, 0) is 14.3 Å². The Labute approximate surface area is 106 Å². The maximum Gasteiger partial charge on any atom is 0.311 e. The lowest BCUT2D eigenvalue weighted by Gasteiger charge is -2.31. The second-order valence-corrected chi connectivity index (χ2v) is 4.81. The van der Waals surface area contributed by atoms with Crippen molar-refractivity contribution in [1.29, 1.82) is 0 Å². The van der Waals surface area contributed by atoms with E-state index in [0.717, 1.165) is 12.8 Å². The van der Waals surface area contributed by atoms with Crippen molar-refractivity contribution in [3.63, 3.8) is 0 Å². The second kappa shape index (κ2) is 5.52. The van der Waals surface area contributed by atoms with Crippen LogP contribution >= 0.6 is 0 Å². The third kappa shape index (κ3) is 2.41. The van der Waals surface area contributed by atoms with Crippen molar-refractivity contribution in [2.75, 3.05) is 19.8 Å². The number of hydrogen-bond donors (Lipinski definition) is 1. The van der Waals surface area contributed by atoms with Crippen LogP contribution in [0.1, 0.15) is 19.8 Å². The summed E-state index contributed by atoms with van der Waals surface area (Å²) in [6.07, 6.45) is 5.55. The summed E-state index contributed by atoms with van der Waals surface area (Å²) in [4.78, 5) is 25.2. The highest BCUT2D eigenvalue weighted by Gasteiger charge is 2.40. The predicted octanol–water partition coefficient (Wildman–Crippen LogP) is 0.901. The summed E-state index contributed by atoms with van der Waals surface area (Å²) in [6.45, 7) is 2.95. The monoisotopic (exact) mass is 253 g/mol. The molecule has 1 N–H and O–H groups in total. The number of likely N-dealkylation sites (N-methyl/N-ethyl adjacent to an activating group) is 1. The lowest BCUT2D eigenvalue weighted by atomic mass is 9.99. The van der Waals surface area contributed by atoms with E-state index in [2.05, 4.69) is 0 Å². The van der Waals surface area contributed by atoms with Gasteiger partial charge in [0.05, 0.1) is 19.3 Å². The van der Waals surface area contributed by atoms with Gasteiger partial charge in [-0.1, -0.05) is 12.2 Å². The highest BCUT2D eigenvalue weighted by Crippen LogP contribution is 2.26. The number of ether oxygens (including phenoxy) is 1. The number of nitrogens with zero attached hydrogens (tertiary/aromatic N) is 1. The summed E-state index contributed by atoms with van der Waals surface area (Å²) in [5, 5.41) is 9.14. The fourth-order valence-electron chi connectivity index (χ4n) is 2.69. The first-order chi connectivity index (χ1) is 8.65. The van der Waals surface area contributed by atoms with Crippen molar-refractivity contribution in [1.82, 2.24) is 4.90 Å². The van der Waals surface area contributed by atoms with Gasteiger partial charge in [0, 0.05) is 12.5 Å². The Morgan fingerprint density at radius 3 is 2.56 bits per heavy atom. The number of carbonyl (C=O) groups is 2. The fourth-order valence-corrected chi connectivity index (χ4v) is 2.69. The standard InChI is InChI=1S/C13H19NO4/c1-2-14(12(15)9-5-3-4-6-9)11-8-18-7-10(11)13(16)17/h3-4,9-11H,2,5-8H2,1H3,(H,16,17). The number of carboxylic acids is 1. The molecule has 5 nitrogen and oxygen atoms in total. The van der Waals surface area contributed by atoms with Gasteiger partial charge in [-0.2, -0.15) is 0 Å². The Morgan fingerprint density at radius 1 is 1.33 bits per heavy atom. The van der Waals surface area contributed by atoms with Crippen LogP contribution in [0.15, 0.2) is 12.2 Å².